The molecule has 0 radical (unpaired) electrons. The van der Waals surface area contributed by atoms with Crippen LogP contribution in [-0.2, 0) is 32.9 Å². The number of unbranched alkanes of at least 4 members (excludes halogenated alkanes) is 12. The Morgan fingerprint density at radius 1 is 0.708 bits per heavy atom. The van der Waals surface area contributed by atoms with Gasteiger partial charge in [0.15, 0.2) is 11.2 Å². The van der Waals surface area contributed by atoms with Crippen LogP contribution in [0.1, 0.15) is 126 Å². The Kier molecular flexibility index (Phi) is 44.2. The predicted octanol–water partition coefficient (Wildman–Crippen LogP) is 0.985. The quantitative estimate of drug-likeness (QED) is 0.0368. The molecular weight excluding hydrogens is 673 g/mol. The molecule has 0 aliphatic rings. The summed E-state index contributed by atoms with van der Waals surface area (Å²) in [7, 11) is -5.32. The van der Waals surface area contributed by atoms with Crippen molar-refractivity contribution < 1.29 is 118 Å². The minimum absolute atomic E-state index is 0. The molecule has 1 atom stereocenters. The van der Waals surface area contributed by atoms with Gasteiger partial charge >= 0.3 is 71.1 Å². The van der Waals surface area contributed by atoms with E-state index in [1.54, 1.807) is 6.92 Å². The molecule has 0 aromatic rings. The monoisotopic (exact) mass is 738 g/mol. The first-order valence-electron chi connectivity index (χ1n) is 15.2. The summed E-state index contributed by atoms with van der Waals surface area (Å²) in [6.45, 7) is 3.94. The van der Waals surface area contributed by atoms with Crippen molar-refractivity contribution >= 4 is 37.5 Å². The third-order valence-corrected chi connectivity index (χ3v) is 5.92. The number of hydrogen-bond acceptors (Lipinski definition) is 9. The van der Waals surface area contributed by atoms with Crippen molar-refractivity contribution in [3.63, 3.8) is 0 Å². The zero-order chi connectivity index (χ0) is 34.7. The molecule has 0 unspecified atom stereocenters. The summed E-state index contributed by atoms with van der Waals surface area (Å²) in [6.07, 6.45) is 13.9. The van der Waals surface area contributed by atoms with Crippen molar-refractivity contribution in [2.24, 2.45) is 0 Å². The molecule has 0 saturated carbocycles. The van der Waals surface area contributed by atoms with Crippen molar-refractivity contribution in [1.29, 1.82) is 0 Å². The summed E-state index contributed by atoms with van der Waals surface area (Å²) in [4.78, 5) is 54.9. The fourth-order valence-corrected chi connectivity index (χ4v) is 3.77. The molecule has 0 bridgehead atoms. The van der Waals surface area contributed by atoms with Crippen LogP contribution in [0, 0.1) is 71.0 Å². The minimum atomic E-state index is -5.32. The van der Waals surface area contributed by atoms with E-state index in [9.17, 15) is 28.7 Å². The Morgan fingerprint density at radius 2 is 1.10 bits per heavy atom. The molecule has 0 N–H and O–H groups in total. The van der Waals surface area contributed by atoms with Gasteiger partial charge in [-0.15, -0.1) is 12.6 Å². The molecule has 0 amide bonds. The van der Waals surface area contributed by atoms with Crippen molar-refractivity contribution in [2.75, 3.05) is 13.2 Å². The molecule has 0 aliphatic carbocycles. The SMILES string of the molecule is CC#CC#CC#CC#CC#CC#CC(=O)OC[C@H](COP(=O)([O-])[O-])OC(=O)CCCCCCCCCCCCCCC.CC(=O)S.[HH].[HH].[HH].[HH].[HH].[HH].[HH].[HH].[HH].[HH].[HH].[Na+].[Na+]. The number of rotatable bonds is 20. The van der Waals surface area contributed by atoms with E-state index in [1.807, 2.05) is 0 Å². The van der Waals surface area contributed by atoms with Crippen molar-refractivity contribution in [1.82, 2.24) is 0 Å². The van der Waals surface area contributed by atoms with Gasteiger partial charge in [-0.3, -0.25) is 9.59 Å². The van der Waals surface area contributed by atoms with Crippen molar-refractivity contribution in [3.05, 3.63) is 0 Å². The van der Waals surface area contributed by atoms with Crippen LogP contribution in [0.2, 0.25) is 0 Å². The maximum Gasteiger partial charge on any atom is 1.00 e. The van der Waals surface area contributed by atoms with E-state index in [0.717, 1.165) is 19.3 Å². The van der Waals surface area contributed by atoms with Gasteiger partial charge in [-0.2, -0.15) is 0 Å². The zero-order valence-electron chi connectivity index (χ0n) is 29.0. The number of phosphoric ester groups is 1. The molecule has 0 aliphatic heterocycles. The van der Waals surface area contributed by atoms with E-state index in [0.29, 0.717) is 6.42 Å². The number of phosphoric acid groups is 1. The Labute approximate surface area is 353 Å². The average Bonchev–Trinajstić information content (AvgIpc) is 2.99. The number of carbonyl (C=O) groups is 3. The van der Waals surface area contributed by atoms with Crippen LogP contribution in [0.4, 0.5) is 0 Å². The third kappa shape index (κ3) is 48.8. The zero-order valence-corrected chi connectivity index (χ0v) is 34.7. The second-order valence-electron chi connectivity index (χ2n) is 9.59. The summed E-state index contributed by atoms with van der Waals surface area (Å²) < 4.78 is 25.0. The second kappa shape index (κ2) is 39.9. The van der Waals surface area contributed by atoms with Gasteiger partial charge in [-0.1, -0.05) is 89.9 Å². The van der Waals surface area contributed by atoms with Gasteiger partial charge in [0.05, 0.1) is 14.4 Å². The summed E-state index contributed by atoms with van der Waals surface area (Å²) in [6, 6.07) is 0. The van der Waals surface area contributed by atoms with Gasteiger partial charge in [0.2, 0.25) is 0 Å². The van der Waals surface area contributed by atoms with Crippen LogP contribution in [0.5, 0.6) is 0 Å². The first-order valence-corrected chi connectivity index (χ1v) is 17.1. The minimum Gasteiger partial charge on any atom is -0.790 e. The predicted molar refractivity (Wildman–Crippen MR) is 200 cm³/mol. The summed E-state index contributed by atoms with van der Waals surface area (Å²) in [5, 5.41) is -0.139. The van der Waals surface area contributed by atoms with Crippen molar-refractivity contribution in [2.45, 2.75) is 117 Å². The Hall–Kier alpha value is -1.57. The van der Waals surface area contributed by atoms with Crippen molar-refractivity contribution in [3.8, 4) is 71.0 Å². The third-order valence-electron chi connectivity index (χ3n) is 5.45. The van der Waals surface area contributed by atoms with Gasteiger partial charge in [-0.25, -0.2) is 4.79 Å². The number of hydrogen-bond donors (Lipinski definition) is 1. The molecule has 0 rings (SSSR count). The van der Waals surface area contributed by atoms with Crippen LogP contribution < -0.4 is 68.9 Å². The Balaban J connectivity index is -0.0000000835. The fraction of sp³-hybridized carbons (Fsp3) is 0.571. The molecule has 48 heavy (non-hydrogen) atoms. The standard InChI is InChI=1S/C33H41O8P.C2H4OS.2Na.11H2/c1-3-5-7-9-11-13-15-16-18-20-22-24-26-28-33(35)41-31(30-40-42(36,37)38)29-39-32(34)27-25-23-21-19-17-14-12-10-8-6-4-2;1-2(3)4;;;;;;;;;;;;;/h31H,3,5,7,9,11,13,15-16,18,20,22,24,26,28-30H2,1-2H3,(H2,36,37,38);1H3,(H,3,4);;;11*1H/q;;2*+1;;;;;;;;;;;/p-2/t31-;;;;;;;;;;;;;;/m1............../s1. The van der Waals surface area contributed by atoms with E-state index in [-0.39, 0.29) is 86.3 Å². The molecular formula is C35H65Na2O9PS. The van der Waals surface area contributed by atoms with E-state index in [2.05, 4.69) is 95.1 Å². The van der Waals surface area contributed by atoms with Crippen LogP contribution >= 0.6 is 20.5 Å². The Morgan fingerprint density at radius 3 is 1.52 bits per heavy atom. The first-order chi connectivity index (χ1) is 22.0. The molecule has 0 saturated heterocycles. The topological polar surface area (TPSA) is 142 Å². The van der Waals surface area contributed by atoms with E-state index >= 15 is 0 Å². The molecule has 9 nitrogen and oxygen atoms in total. The van der Waals surface area contributed by atoms with Gasteiger partial charge in [0, 0.05) is 35.0 Å². The maximum atomic E-state index is 12.2. The fourth-order valence-electron chi connectivity index (χ4n) is 3.42. The van der Waals surface area contributed by atoms with Crippen LogP contribution in [0.3, 0.4) is 0 Å². The number of thiol groups is 1. The normalized spacial score (nSPS) is 9.38. The molecule has 0 fully saturated rings. The molecule has 272 valence electrons. The summed E-state index contributed by atoms with van der Waals surface area (Å²) in [5.41, 5.74) is 0. The average molecular weight is 739 g/mol. The number of esters is 2. The maximum absolute atomic E-state index is 12.2. The van der Waals surface area contributed by atoms with E-state index < -0.39 is 39.1 Å². The van der Waals surface area contributed by atoms with Gasteiger partial charge in [-0.05, 0) is 72.5 Å². The van der Waals surface area contributed by atoms with Crippen LogP contribution in [0.25, 0.3) is 0 Å². The van der Waals surface area contributed by atoms with Crippen LogP contribution in [0.15, 0.2) is 0 Å². The van der Waals surface area contributed by atoms with Gasteiger partial charge in [0.25, 0.3) is 0 Å². The smallest absolute Gasteiger partial charge is 0.790 e. The van der Waals surface area contributed by atoms with Gasteiger partial charge in [0.1, 0.15) is 6.61 Å². The summed E-state index contributed by atoms with van der Waals surface area (Å²) >= 11 is 3.33. The van der Waals surface area contributed by atoms with E-state index in [4.69, 9.17) is 9.47 Å². The number of ether oxygens (including phenoxy) is 2. The molecule has 13 heteroatoms. The second-order valence-corrected chi connectivity index (χ2v) is 11.4. The molecule has 0 spiro atoms. The molecule has 0 heterocycles. The van der Waals surface area contributed by atoms with Crippen LogP contribution in [-0.4, -0.2) is 36.4 Å². The largest absolute Gasteiger partial charge is 1.00 e. The Bertz CT molecular complexity index is 1380. The molecule has 0 aromatic carbocycles. The number of carbonyl (C=O) groups excluding carboxylic acids is 3. The molecule has 0 aromatic heterocycles. The van der Waals surface area contributed by atoms with E-state index in [1.165, 1.54) is 64.7 Å². The summed E-state index contributed by atoms with van der Waals surface area (Å²) in [5.74, 6) is 27.1. The first kappa shape index (κ1) is 53.2. The van der Waals surface area contributed by atoms with Gasteiger partial charge < -0.3 is 28.3 Å².